The summed E-state index contributed by atoms with van der Waals surface area (Å²) in [5, 5.41) is 13.7. The molecule has 0 spiro atoms. The number of carbonyl (C=O) groups excluding carboxylic acids is 1. The van der Waals surface area contributed by atoms with Crippen molar-refractivity contribution in [3.8, 4) is 0 Å². The number of rotatable bonds is 7. The molecule has 1 heterocycles. The molecule has 0 aliphatic carbocycles. The van der Waals surface area contributed by atoms with Crippen molar-refractivity contribution in [3.05, 3.63) is 20.8 Å². The zero-order chi connectivity index (χ0) is 15.1. The zero-order valence-corrected chi connectivity index (χ0v) is 14.0. The average Bonchev–Trinajstić information content (AvgIpc) is 2.79. The molecule has 5 nitrogen and oxygen atoms in total. The van der Waals surface area contributed by atoms with Gasteiger partial charge in [0.2, 0.25) is 0 Å². The van der Waals surface area contributed by atoms with E-state index in [1.165, 1.54) is 0 Å². The summed E-state index contributed by atoms with van der Waals surface area (Å²) in [5.74, 6) is -1.38. The predicted octanol–water partition coefficient (Wildman–Crippen LogP) is 3.15. The van der Waals surface area contributed by atoms with Gasteiger partial charge < -0.3 is 15.3 Å². The van der Waals surface area contributed by atoms with Crippen molar-refractivity contribution in [3.63, 3.8) is 0 Å². The molecular formula is C13H19BrN2O3S. The number of carboxylic acids is 1. The van der Waals surface area contributed by atoms with Gasteiger partial charge in [-0.15, -0.1) is 11.3 Å². The molecule has 1 aromatic heterocycles. The number of nitrogens with one attached hydrogen (secondary N) is 1. The molecule has 0 saturated heterocycles. The monoisotopic (exact) mass is 362 g/mol. The third kappa shape index (κ3) is 5.50. The molecular weight excluding hydrogens is 344 g/mol. The van der Waals surface area contributed by atoms with Crippen LogP contribution >= 0.6 is 27.3 Å². The topological polar surface area (TPSA) is 69.6 Å². The molecule has 112 valence electrons. The SMILES string of the molecule is CCCC(CNC(=O)N(C)Cc1cc(Br)cs1)C(=O)O. The van der Waals surface area contributed by atoms with Crippen molar-refractivity contribution in [2.45, 2.75) is 26.3 Å². The van der Waals surface area contributed by atoms with Gasteiger partial charge in [0.05, 0.1) is 12.5 Å². The number of carbonyl (C=O) groups is 2. The number of thiophene rings is 1. The van der Waals surface area contributed by atoms with E-state index in [0.717, 1.165) is 15.8 Å². The van der Waals surface area contributed by atoms with Crippen LogP contribution in [0.5, 0.6) is 0 Å². The molecule has 0 aromatic carbocycles. The summed E-state index contributed by atoms with van der Waals surface area (Å²) in [5.41, 5.74) is 0. The average molecular weight is 363 g/mol. The Hall–Kier alpha value is -1.08. The molecule has 0 saturated carbocycles. The number of amides is 2. The largest absolute Gasteiger partial charge is 0.481 e. The summed E-state index contributed by atoms with van der Waals surface area (Å²) in [7, 11) is 1.69. The van der Waals surface area contributed by atoms with Gasteiger partial charge in [-0.3, -0.25) is 4.79 Å². The fraction of sp³-hybridized carbons (Fsp3) is 0.538. The summed E-state index contributed by atoms with van der Waals surface area (Å²) in [4.78, 5) is 25.5. The summed E-state index contributed by atoms with van der Waals surface area (Å²) >= 11 is 4.94. The lowest BCUT2D eigenvalue weighted by Crippen LogP contribution is -2.40. The van der Waals surface area contributed by atoms with Crippen LogP contribution in [0, 0.1) is 5.92 Å². The van der Waals surface area contributed by atoms with Gasteiger partial charge in [0.15, 0.2) is 0 Å². The van der Waals surface area contributed by atoms with Crippen LogP contribution in [-0.2, 0) is 11.3 Å². The van der Waals surface area contributed by atoms with Crippen LogP contribution in [0.15, 0.2) is 15.9 Å². The fourth-order valence-electron chi connectivity index (χ4n) is 1.75. The second-order valence-corrected chi connectivity index (χ2v) is 6.51. The van der Waals surface area contributed by atoms with Crippen LogP contribution in [0.3, 0.4) is 0 Å². The van der Waals surface area contributed by atoms with Crippen LogP contribution in [0.25, 0.3) is 0 Å². The van der Waals surface area contributed by atoms with E-state index in [1.54, 1.807) is 23.3 Å². The highest BCUT2D eigenvalue weighted by Crippen LogP contribution is 2.20. The lowest BCUT2D eigenvalue weighted by Gasteiger charge is -2.19. The van der Waals surface area contributed by atoms with Gasteiger partial charge in [-0.25, -0.2) is 4.79 Å². The number of halogens is 1. The number of carboxylic acid groups (broad SMARTS) is 1. The minimum absolute atomic E-state index is 0.167. The van der Waals surface area contributed by atoms with Crippen molar-refractivity contribution in [1.29, 1.82) is 0 Å². The Balaban J connectivity index is 2.43. The molecule has 2 N–H and O–H groups in total. The molecule has 0 fully saturated rings. The highest BCUT2D eigenvalue weighted by molar-refractivity contribution is 9.10. The molecule has 0 aliphatic heterocycles. The Kier molecular flexibility index (Phi) is 7.01. The Morgan fingerprint density at radius 1 is 1.55 bits per heavy atom. The van der Waals surface area contributed by atoms with Crippen molar-refractivity contribution < 1.29 is 14.7 Å². The van der Waals surface area contributed by atoms with Crippen molar-refractivity contribution in [2.24, 2.45) is 5.92 Å². The molecule has 2 amide bonds. The van der Waals surface area contributed by atoms with Gasteiger partial charge in [0, 0.05) is 28.3 Å². The first-order valence-electron chi connectivity index (χ1n) is 6.38. The van der Waals surface area contributed by atoms with Gasteiger partial charge in [0.1, 0.15) is 0 Å². The van der Waals surface area contributed by atoms with Gasteiger partial charge in [-0.1, -0.05) is 13.3 Å². The molecule has 1 unspecified atom stereocenters. The number of hydrogen-bond donors (Lipinski definition) is 2. The maximum atomic E-state index is 11.9. The Labute approximate surface area is 131 Å². The summed E-state index contributed by atoms with van der Waals surface area (Å²) in [6.45, 7) is 2.60. The van der Waals surface area contributed by atoms with Gasteiger partial charge >= 0.3 is 12.0 Å². The second kappa shape index (κ2) is 8.26. The van der Waals surface area contributed by atoms with Gasteiger partial charge in [-0.2, -0.15) is 0 Å². The van der Waals surface area contributed by atoms with Crippen LogP contribution in [0.1, 0.15) is 24.6 Å². The molecule has 1 aromatic rings. The predicted molar refractivity (Wildman–Crippen MR) is 82.9 cm³/mol. The van der Waals surface area contributed by atoms with Crippen molar-refractivity contribution >= 4 is 39.3 Å². The summed E-state index contributed by atoms with van der Waals surface area (Å²) in [6, 6.07) is 1.71. The van der Waals surface area contributed by atoms with E-state index in [4.69, 9.17) is 5.11 Å². The van der Waals surface area contributed by atoms with E-state index < -0.39 is 11.9 Å². The van der Waals surface area contributed by atoms with E-state index in [2.05, 4.69) is 21.2 Å². The third-order valence-corrected chi connectivity index (χ3v) is 4.53. The molecule has 1 rings (SSSR count). The fourth-order valence-corrected chi connectivity index (χ4v) is 3.25. The number of hydrogen-bond acceptors (Lipinski definition) is 3. The highest BCUT2D eigenvalue weighted by atomic mass is 79.9. The Morgan fingerprint density at radius 2 is 2.25 bits per heavy atom. The smallest absolute Gasteiger partial charge is 0.317 e. The lowest BCUT2D eigenvalue weighted by atomic mass is 10.0. The highest BCUT2D eigenvalue weighted by Gasteiger charge is 2.18. The number of nitrogens with zero attached hydrogens (tertiary/aromatic N) is 1. The van der Waals surface area contributed by atoms with E-state index in [-0.39, 0.29) is 12.6 Å². The number of urea groups is 1. The maximum absolute atomic E-state index is 11.9. The minimum atomic E-state index is -0.864. The summed E-state index contributed by atoms with van der Waals surface area (Å²) < 4.78 is 1.00. The first kappa shape index (κ1) is 17.0. The maximum Gasteiger partial charge on any atom is 0.317 e. The van der Waals surface area contributed by atoms with Crippen LogP contribution in [0.4, 0.5) is 4.79 Å². The summed E-state index contributed by atoms with van der Waals surface area (Å²) in [6.07, 6.45) is 1.35. The molecule has 1 atom stereocenters. The standard InChI is InChI=1S/C13H19BrN2O3S/c1-3-4-9(12(17)18)6-15-13(19)16(2)7-11-5-10(14)8-20-11/h5,8-9H,3-4,6-7H2,1-2H3,(H,15,19)(H,17,18). The molecule has 0 aliphatic rings. The molecule has 20 heavy (non-hydrogen) atoms. The third-order valence-electron chi connectivity index (χ3n) is 2.85. The zero-order valence-electron chi connectivity index (χ0n) is 11.6. The van der Waals surface area contributed by atoms with Gasteiger partial charge in [0.25, 0.3) is 0 Å². The normalized spacial score (nSPS) is 11.9. The van der Waals surface area contributed by atoms with Gasteiger partial charge in [-0.05, 0) is 28.4 Å². The van der Waals surface area contributed by atoms with Crippen LogP contribution in [-0.4, -0.2) is 35.6 Å². The van der Waals surface area contributed by atoms with Crippen molar-refractivity contribution in [1.82, 2.24) is 10.2 Å². The first-order chi connectivity index (χ1) is 9.43. The molecule has 7 heteroatoms. The Morgan fingerprint density at radius 3 is 2.75 bits per heavy atom. The van der Waals surface area contributed by atoms with E-state index in [1.807, 2.05) is 18.4 Å². The van der Waals surface area contributed by atoms with Crippen LogP contribution in [0.2, 0.25) is 0 Å². The molecule has 0 bridgehead atoms. The molecule has 0 radical (unpaired) electrons. The van der Waals surface area contributed by atoms with Crippen molar-refractivity contribution in [2.75, 3.05) is 13.6 Å². The van der Waals surface area contributed by atoms with E-state index in [9.17, 15) is 9.59 Å². The Bertz CT molecular complexity index is 464. The lowest BCUT2D eigenvalue weighted by molar-refractivity contribution is -0.141. The second-order valence-electron chi connectivity index (χ2n) is 4.60. The number of aliphatic carboxylic acids is 1. The quantitative estimate of drug-likeness (QED) is 0.782. The van der Waals surface area contributed by atoms with E-state index in [0.29, 0.717) is 13.0 Å². The van der Waals surface area contributed by atoms with Crippen LogP contribution < -0.4 is 5.32 Å². The first-order valence-corrected chi connectivity index (χ1v) is 8.06. The van der Waals surface area contributed by atoms with E-state index >= 15 is 0 Å². The minimum Gasteiger partial charge on any atom is -0.481 e.